The lowest BCUT2D eigenvalue weighted by atomic mass is 10.0. The van der Waals surface area contributed by atoms with Crippen molar-refractivity contribution in [3.63, 3.8) is 0 Å². The number of carbonyl (C=O) groups excluding carboxylic acids is 3. The fraction of sp³-hybridized carbons (Fsp3) is 0.214. The fourth-order valence-corrected chi connectivity index (χ4v) is 3.48. The van der Waals surface area contributed by atoms with E-state index in [1.54, 1.807) is 66.7 Å². The van der Waals surface area contributed by atoms with Gasteiger partial charge in [-0.1, -0.05) is 78.9 Å². The van der Waals surface area contributed by atoms with Crippen molar-refractivity contribution in [2.45, 2.75) is 38.1 Å². The monoisotopic (exact) mass is 504 g/mol. The Kier molecular flexibility index (Phi) is 9.78. The molecule has 192 valence electrons. The Labute approximate surface area is 214 Å². The van der Waals surface area contributed by atoms with E-state index in [0.29, 0.717) is 0 Å². The first-order valence-corrected chi connectivity index (χ1v) is 11.6. The first kappa shape index (κ1) is 26.9. The van der Waals surface area contributed by atoms with E-state index < -0.39 is 42.1 Å². The molecule has 37 heavy (non-hydrogen) atoms. The van der Waals surface area contributed by atoms with Crippen LogP contribution in [-0.4, -0.2) is 47.2 Å². The number of aliphatic carboxylic acids is 1. The van der Waals surface area contributed by atoms with Crippen molar-refractivity contribution in [2.24, 2.45) is 0 Å². The Morgan fingerprint density at radius 3 is 1.89 bits per heavy atom. The summed E-state index contributed by atoms with van der Waals surface area (Å²) in [5.74, 6) is -2.89. The van der Waals surface area contributed by atoms with Gasteiger partial charge in [0.1, 0.15) is 18.8 Å². The third-order valence-electron chi connectivity index (χ3n) is 5.44. The van der Waals surface area contributed by atoms with E-state index in [2.05, 4.69) is 10.6 Å². The van der Waals surface area contributed by atoms with Gasteiger partial charge in [0.25, 0.3) is 0 Å². The molecule has 0 aliphatic rings. The lowest BCUT2D eigenvalue weighted by Gasteiger charge is -2.25. The van der Waals surface area contributed by atoms with E-state index in [1.165, 1.54) is 19.1 Å². The molecule has 0 heterocycles. The van der Waals surface area contributed by atoms with E-state index >= 15 is 0 Å². The first-order valence-electron chi connectivity index (χ1n) is 11.6. The average molecular weight is 505 g/mol. The van der Waals surface area contributed by atoms with Crippen LogP contribution in [0, 0.1) is 0 Å². The molecule has 0 saturated carbocycles. The van der Waals surface area contributed by atoms with Gasteiger partial charge in [0.2, 0.25) is 5.91 Å². The number of esters is 1. The third-order valence-corrected chi connectivity index (χ3v) is 5.44. The van der Waals surface area contributed by atoms with Gasteiger partial charge in [-0.15, -0.1) is 0 Å². The third kappa shape index (κ3) is 8.50. The fourth-order valence-electron chi connectivity index (χ4n) is 3.48. The largest absolute Gasteiger partial charge is 0.480 e. The van der Waals surface area contributed by atoms with Crippen molar-refractivity contribution in [3.8, 4) is 0 Å². The predicted octanol–water partition coefficient (Wildman–Crippen LogP) is 3.34. The number of nitrogens with one attached hydrogen (secondary N) is 2. The van der Waals surface area contributed by atoms with Gasteiger partial charge in [-0.05, 0) is 30.2 Å². The summed E-state index contributed by atoms with van der Waals surface area (Å²) in [6, 6.07) is 23.3. The standard InChI is InChI=1S/C28H28N2O7/c1-19(37-27(34)22-15-9-4-10-16-22)24(26(32)33)30-25(31)23(17-20-11-5-2-6-12-20)29-28(35)36-18-21-13-7-3-8-14-21/h2-16,19,23-24H,17-18H2,1H3,(H,29,35)(H,30,31)(H,32,33)/t19-,23+,24+/m1/s1. The zero-order chi connectivity index (χ0) is 26.6. The Morgan fingerprint density at radius 1 is 0.784 bits per heavy atom. The van der Waals surface area contributed by atoms with Crippen molar-refractivity contribution in [1.29, 1.82) is 0 Å². The smallest absolute Gasteiger partial charge is 0.408 e. The normalized spacial score (nSPS) is 12.9. The van der Waals surface area contributed by atoms with Crippen LogP contribution in [0.1, 0.15) is 28.4 Å². The van der Waals surface area contributed by atoms with Crippen LogP contribution >= 0.6 is 0 Å². The number of benzene rings is 3. The Morgan fingerprint density at radius 2 is 1.32 bits per heavy atom. The van der Waals surface area contributed by atoms with E-state index in [-0.39, 0.29) is 18.6 Å². The van der Waals surface area contributed by atoms with E-state index in [1.807, 2.05) is 12.1 Å². The van der Waals surface area contributed by atoms with Gasteiger partial charge >= 0.3 is 18.0 Å². The molecular formula is C28H28N2O7. The zero-order valence-corrected chi connectivity index (χ0v) is 20.2. The molecule has 0 radical (unpaired) electrons. The van der Waals surface area contributed by atoms with Crippen LogP contribution in [-0.2, 0) is 32.1 Å². The number of hydrogen-bond donors (Lipinski definition) is 3. The highest BCUT2D eigenvalue weighted by Gasteiger charge is 2.33. The topological polar surface area (TPSA) is 131 Å². The van der Waals surface area contributed by atoms with Crippen molar-refractivity contribution < 1.29 is 33.8 Å². The number of amides is 2. The molecule has 3 aromatic carbocycles. The second kappa shape index (κ2) is 13.4. The van der Waals surface area contributed by atoms with Gasteiger partial charge in [-0.25, -0.2) is 14.4 Å². The minimum Gasteiger partial charge on any atom is -0.480 e. The summed E-state index contributed by atoms with van der Waals surface area (Å²) in [6.45, 7) is 1.37. The summed E-state index contributed by atoms with van der Waals surface area (Å²) in [4.78, 5) is 49.9. The van der Waals surface area contributed by atoms with E-state index in [9.17, 15) is 24.3 Å². The summed E-state index contributed by atoms with van der Waals surface area (Å²) in [5, 5.41) is 14.6. The highest BCUT2D eigenvalue weighted by atomic mass is 16.6. The average Bonchev–Trinajstić information content (AvgIpc) is 2.91. The van der Waals surface area contributed by atoms with E-state index in [4.69, 9.17) is 9.47 Å². The molecule has 3 aromatic rings. The minimum atomic E-state index is -1.56. The predicted molar refractivity (Wildman–Crippen MR) is 135 cm³/mol. The summed E-state index contributed by atoms with van der Waals surface area (Å²) >= 11 is 0. The van der Waals surface area contributed by atoms with Crippen LogP contribution in [0.25, 0.3) is 0 Å². The van der Waals surface area contributed by atoms with Gasteiger partial charge in [0, 0.05) is 6.42 Å². The molecule has 0 saturated heterocycles. The molecule has 0 bridgehead atoms. The molecule has 2 amide bonds. The lowest BCUT2D eigenvalue weighted by Crippen LogP contribution is -2.56. The maximum atomic E-state index is 13.1. The van der Waals surface area contributed by atoms with Crippen LogP contribution in [0.2, 0.25) is 0 Å². The maximum Gasteiger partial charge on any atom is 0.408 e. The highest BCUT2D eigenvalue weighted by Crippen LogP contribution is 2.10. The van der Waals surface area contributed by atoms with Gasteiger partial charge in [-0.2, -0.15) is 0 Å². The molecule has 3 atom stereocenters. The van der Waals surface area contributed by atoms with Gasteiger partial charge < -0.3 is 25.2 Å². The molecule has 9 nitrogen and oxygen atoms in total. The van der Waals surface area contributed by atoms with Crippen molar-refractivity contribution >= 4 is 23.9 Å². The van der Waals surface area contributed by atoms with Gasteiger partial charge in [0.15, 0.2) is 6.04 Å². The molecule has 0 aliphatic heterocycles. The number of carboxylic acids is 1. The first-order chi connectivity index (χ1) is 17.8. The van der Waals surface area contributed by atoms with Crippen LogP contribution in [0.5, 0.6) is 0 Å². The van der Waals surface area contributed by atoms with Crippen LogP contribution < -0.4 is 10.6 Å². The Balaban J connectivity index is 1.68. The summed E-state index contributed by atoms with van der Waals surface area (Å²) < 4.78 is 10.5. The molecule has 0 fully saturated rings. The summed E-state index contributed by atoms with van der Waals surface area (Å²) in [6.07, 6.45) is -1.95. The maximum absolute atomic E-state index is 13.1. The van der Waals surface area contributed by atoms with Crippen LogP contribution in [0.3, 0.4) is 0 Å². The number of rotatable bonds is 11. The van der Waals surface area contributed by atoms with Crippen molar-refractivity contribution in [1.82, 2.24) is 10.6 Å². The molecule has 9 heteroatoms. The number of ether oxygens (including phenoxy) is 2. The molecule has 0 spiro atoms. The number of hydrogen-bond acceptors (Lipinski definition) is 6. The van der Waals surface area contributed by atoms with Crippen LogP contribution in [0.15, 0.2) is 91.0 Å². The number of alkyl carbamates (subject to hydrolysis) is 1. The molecule has 0 aliphatic carbocycles. The zero-order valence-electron chi connectivity index (χ0n) is 20.2. The van der Waals surface area contributed by atoms with Crippen molar-refractivity contribution in [2.75, 3.05) is 0 Å². The van der Waals surface area contributed by atoms with E-state index in [0.717, 1.165) is 11.1 Å². The molecule has 0 aromatic heterocycles. The molecule has 3 rings (SSSR count). The van der Waals surface area contributed by atoms with Crippen LogP contribution in [0.4, 0.5) is 4.79 Å². The van der Waals surface area contributed by atoms with Gasteiger partial charge in [0.05, 0.1) is 5.56 Å². The summed E-state index contributed by atoms with van der Waals surface area (Å²) in [5.41, 5.74) is 1.75. The SMILES string of the molecule is C[C@@H](OC(=O)c1ccccc1)[C@H](NC(=O)[C@H](Cc1ccccc1)NC(=O)OCc1ccccc1)C(=O)O. The van der Waals surface area contributed by atoms with Crippen molar-refractivity contribution in [3.05, 3.63) is 108 Å². The minimum absolute atomic E-state index is 0.00340. The number of carbonyl (C=O) groups is 4. The number of carboxylic acid groups (broad SMARTS) is 1. The molecule has 0 unspecified atom stereocenters. The molecular weight excluding hydrogens is 476 g/mol. The second-order valence-electron chi connectivity index (χ2n) is 8.25. The summed E-state index contributed by atoms with van der Waals surface area (Å²) in [7, 11) is 0. The Bertz CT molecular complexity index is 1190. The molecule has 3 N–H and O–H groups in total. The second-order valence-corrected chi connectivity index (χ2v) is 8.25. The Hall–Kier alpha value is -4.66. The highest BCUT2D eigenvalue weighted by molar-refractivity contribution is 5.91. The van der Waals surface area contributed by atoms with Gasteiger partial charge in [-0.3, -0.25) is 4.79 Å². The lowest BCUT2D eigenvalue weighted by molar-refractivity contribution is -0.145. The quantitative estimate of drug-likeness (QED) is 0.341.